The first kappa shape index (κ1) is 15.6. The van der Waals surface area contributed by atoms with E-state index in [0.29, 0.717) is 17.3 Å². The molecule has 1 aliphatic heterocycles. The Balaban J connectivity index is 1.56. The number of aromatic nitrogens is 2. The molecule has 1 aromatic carbocycles. The standard InChI is InChI=1S/C16H18ClN5O/c17-13-5-1-2-6-14(13)21-16(23)19-11-12-7-8-18-15(20-12)22-9-3-4-10-22/h1-2,5-8H,3-4,9-11H2,(H2,19,21,23). The highest BCUT2D eigenvalue weighted by molar-refractivity contribution is 6.33. The summed E-state index contributed by atoms with van der Waals surface area (Å²) in [5, 5.41) is 5.99. The molecule has 2 amide bonds. The molecule has 23 heavy (non-hydrogen) atoms. The van der Waals surface area contributed by atoms with Gasteiger partial charge in [-0.25, -0.2) is 14.8 Å². The van der Waals surface area contributed by atoms with Crippen molar-refractivity contribution in [1.82, 2.24) is 15.3 Å². The van der Waals surface area contributed by atoms with E-state index in [-0.39, 0.29) is 6.03 Å². The molecule has 0 aliphatic carbocycles. The third-order valence-electron chi connectivity index (χ3n) is 3.64. The van der Waals surface area contributed by atoms with Gasteiger partial charge in [0.05, 0.1) is 22.9 Å². The quantitative estimate of drug-likeness (QED) is 0.903. The SMILES string of the molecule is O=C(NCc1ccnc(N2CCCC2)n1)Nc1ccccc1Cl. The lowest BCUT2D eigenvalue weighted by Gasteiger charge is -2.15. The first-order valence-corrected chi connectivity index (χ1v) is 7.96. The van der Waals surface area contributed by atoms with E-state index in [1.165, 1.54) is 12.8 Å². The van der Waals surface area contributed by atoms with Gasteiger partial charge in [-0.3, -0.25) is 0 Å². The number of amides is 2. The average molecular weight is 332 g/mol. The average Bonchev–Trinajstić information content (AvgIpc) is 3.10. The summed E-state index contributed by atoms with van der Waals surface area (Å²) in [4.78, 5) is 22.9. The number of rotatable bonds is 4. The van der Waals surface area contributed by atoms with Crippen LogP contribution in [0.5, 0.6) is 0 Å². The Morgan fingerprint density at radius 2 is 2.00 bits per heavy atom. The number of hydrogen-bond acceptors (Lipinski definition) is 4. The van der Waals surface area contributed by atoms with E-state index in [0.717, 1.165) is 24.7 Å². The summed E-state index contributed by atoms with van der Waals surface area (Å²) < 4.78 is 0. The van der Waals surface area contributed by atoms with E-state index in [1.54, 1.807) is 24.4 Å². The molecule has 0 atom stereocenters. The molecule has 0 unspecified atom stereocenters. The fourth-order valence-corrected chi connectivity index (χ4v) is 2.64. The maximum atomic E-state index is 11.9. The molecule has 2 N–H and O–H groups in total. The molecular formula is C16H18ClN5O. The van der Waals surface area contributed by atoms with Crippen LogP contribution in [0.3, 0.4) is 0 Å². The Labute approximate surface area is 139 Å². The maximum absolute atomic E-state index is 11.9. The number of anilines is 2. The smallest absolute Gasteiger partial charge is 0.319 e. The van der Waals surface area contributed by atoms with Crippen molar-refractivity contribution in [3.8, 4) is 0 Å². The summed E-state index contributed by atoms with van der Waals surface area (Å²) in [6, 6.07) is 8.58. The van der Waals surface area contributed by atoms with Gasteiger partial charge >= 0.3 is 6.03 Å². The van der Waals surface area contributed by atoms with Crippen molar-refractivity contribution in [2.24, 2.45) is 0 Å². The van der Waals surface area contributed by atoms with Crippen molar-refractivity contribution in [3.63, 3.8) is 0 Å². The van der Waals surface area contributed by atoms with Crippen LogP contribution in [0.4, 0.5) is 16.4 Å². The summed E-state index contributed by atoms with van der Waals surface area (Å²) >= 11 is 6.01. The Morgan fingerprint density at radius 3 is 2.78 bits per heavy atom. The third-order valence-corrected chi connectivity index (χ3v) is 3.97. The lowest BCUT2D eigenvalue weighted by molar-refractivity contribution is 0.251. The van der Waals surface area contributed by atoms with Gasteiger partial charge in [0, 0.05) is 19.3 Å². The summed E-state index contributed by atoms with van der Waals surface area (Å²) in [7, 11) is 0. The molecule has 0 bridgehead atoms. The minimum atomic E-state index is -0.320. The van der Waals surface area contributed by atoms with Crippen LogP contribution < -0.4 is 15.5 Å². The second kappa shape index (κ2) is 7.28. The first-order chi connectivity index (χ1) is 11.2. The van der Waals surface area contributed by atoms with Crippen LogP contribution in [0, 0.1) is 0 Å². The number of hydrogen-bond donors (Lipinski definition) is 2. The molecular weight excluding hydrogens is 314 g/mol. The van der Waals surface area contributed by atoms with Crippen LogP contribution >= 0.6 is 11.6 Å². The van der Waals surface area contributed by atoms with Crippen molar-refractivity contribution in [2.75, 3.05) is 23.3 Å². The van der Waals surface area contributed by atoms with Crippen molar-refractivity contribution in [3.05, 3.63) is 47.2 Å². The number of carbonyl (C=O) groups is 1. The normalized spacial score (nSPS) is 13.9. The van der Waals surface area contributed by atoms with Gasteiger partial charge in [-0.05, 0) is 31.0 Å². The zero-order chi connectivity index (χ0) is 16.1. The number of halogens is 1. The van der Waals surface area contributed by atoms with Crippen LogP contribution in [0.1, 0.15) is 18.5 Å². The number of carbonyl (C=O) groups excluding carboxylic acids is 1. The predicted octanol–water partition coefficient (Wildman–Crippen LogP) is 3.05. The van der Waals surface area contributed by atoms with Gasteiger partial charge in [0.15, 0.2) is 0 Å². The second-order valence-electron chi connectivity index (χ2n) is 5.33. The summed E-state index contributed by atoms with van der Waals surface area (Å²) in [5.41, 5.74) is 1.35. The van der Waals surface area contributed by atoms with Crippen molar-refractivity contribution < 1.29 is 4.79 Å². The Morgan fingerprint density at radius 1 is 1.22 bits per heavy atom. The maximum Gasteiger partial charge on any atom is 0.319 e. The molecule has 2 heterocycles. The van der Waals surface area contributed by atoms with Crippen molar-refractivity contribution in [2.45, 2.75) is 19.4 Å². The predicted molar refractivity (Wildman–Crippen MR) is 90.8 cm³/mol. The van der Waals surface area contributed by atoms with Crippen LogP contribution in [0.2, 0.25) is 5.02 Å². The molecule has 1 aromatic heterocycles. The van der Waals surface area contributed by atoms with E-state index >= 15 is 0 Å². The number of urea groups is 1. The highest BCUT2D eigenvalue weighted by Gasteiger charge is 2.15. The number of nitrogens with one attached hydrogen (secondary N) is 2. The van der Waals surface area contributed by atoms with Gasteiger partial charge in [-0.1, -0.05) is 23.7 Å². The molecule has 7 heteroatoms. The Kier molecular flexibility index (Phi) is 4.92. The molecule has 6 nitrogen and oxygen atoms in total. The Bertz CT molecular complexity index is 688. The van der Waals surface area contributed by atoms with Gasteiger partial charge in [0.2, 0.25) is 5.95 Å². The van der Waals surface area contributed by atoms with Crippen LogP contribution in [0.25, 0.3) is 0 Å². The largest absolute Gasteiger partial charge is 0.341 e. The lowest BCUT2D eigenvalue weighted by atomic mass is 10.3. The fourth-order valence-electron chi connectivity index (χ4n) is 2.45. The summed E-state index contributed by atoms with van der Waals surface area (Å²) in [5.74, 6) is 0.730. The minimum absolute atomic E-state index is 0.320. The monoisotopic (exact) mass is 331 g/mol. The van der Waals surface area contributed by atoms with Crippen LogP contribution in [-0.4, -0.2) is 29.1 Å². The minimum Gasteiger partial charge on any atom is -0.341 e. The summed E-state index contributed by atoms with van der Waals surface area (Å²) in [6.07, 6.45) is 4.07. The van der Waals surface area contributed by atoms with E-state index in [9.17, 15) is 4.79 Å². The molecule has 0 saturated carbocycles. The van der Waals surface area contributed by atoms with Gasteiger partial charge in [0.1, 0.15) is 0 Å². The van der Waals surface area contributed by atoms with E-state index in [4.69, 9.17) is 11.6 Å². The van der Waals surface area contributed by atoms with Gasteiger partial charge < -0.3 is 15.5 Å². The van der Waals surface area contributed by atoms with E-state index < -0.39 is 0 Å². The number of para-hydroxylation sites is 1. The second-order valence-corrected chi connectivity index (χ2v) is 5.74. The third kappa shape index (κ3) is 4.10. The van der Waals surface area contributed by atoms with Gasteiger partial charge in [-0.15, -0.1) is 0 Å². The molecule has 2 aromatic rings. The molecule has 3 rings (SSSR count). The van der Waals surface area contributed by atoms with Crippen molar-refractivity contribution in [1.29, 1.82) is 0 Å². The molecule has 120 valence electrons. The number of benzene rings is 1. The first-order valence-electron chi connectivity index (χ1n) is 7.58. The van der Waals surface area contributed by atoms with Crippen LogP contribution in [0.15, 0.2) is 36.5 Å². The summed E-state index contributed by atoms with van der Waals surface area (Å²) in [6.45, 7) is 2.31. The topological polar surface area (TPSA) is 70.2 Å². The zero-order valence-electron chi connectivity index (χ0n) is 12.6. The van der Waals surface area contributed by atoms with Crippen molar-refractivity contribution >= 4 is 29.3 Å². The highest BCUT2D eigenvalue weighted by atomic mass is 35.5. The molecule has 0 radical (unpaired) electrons. The van der Waals surface area contributed by atoms with Gasteiger partial charge in [-0.2, -0.15) is 0 Å². The molecule has 0 spiro atoms. The zero-order valence-corrected chi connectivity index (χ0v) is 13.4. The molecule has 1 fully saturated rings. The van der Waals surface area contributed by atoms with E-state index in [1.807, 2.05) is 12.1 Å². The van der Waals surface area contributed by atoms with Gasteiger partial charge in [0.25, 0.3) is 0 Å². The molecule has 1 aliphatic rings. The molecule has 1 saturated heterocycles. The Hall–Kier alpha value is -2.34. The number of nitrogens with zero attached hydrogens (tertiary/aromatic N) is 3. The highest BCUT2D eigenvalue weighted by Crippen LogP contribution is 2.20. The lowest BCUT2D eigenvalue weighted by Crippen LogP contribution is -2.29. The van der Waals surface area contributed by atoms with E-state index in [2.05, 4.69) is 25.5 Å². The van der Waals surface area contributed by atoms with Crippen LogP contribution in [-0.2, 0) is 6.54 Å². The fraction of sp³-hybridized carbons (Fsp3) is 0.312.